The topological polar surface area (TPSA) is 12.4 Å². The Morgan fingerprint density at radius 3 is 2.57 bits per heavy atom. The summed E-state index contributed by atoms with van der Waals surface area (Å²) in [6.45, 7) is 4.28. The van der Waals surface area contributed by atoms with Crippen molar-refractivity contribution in [3.05, 3.63) is 0 Å². The van der Waals surface area contributed by atoms with Gasteiger partial charge in [-0.1, -0.05) is 0 Å². The van der Waals surface area contributed by atoms with Crippen molar-refractivity contribution in [1.82, 2.24) is 0 Å². The average molecular weight is 115 g/mol. The Balaban J connectivity index is 2.98. The van der Waals surface area contributed by atoms with Crippen LogP contribution in [-0.4, -0.2) is 12.9 Å². The molecular weight excluding hydrogens is 105 g/mol. The minimum atomic E-state index is 0.637. The monoisotopic (exact) mass is 115 g/mol. The van der Waals surface area contributed by atoms with Crippen LogP contribution in [0.25, 0.3) is 0 Å². The Morgan fingerprint density at radius 1 is 1.86 bits per heavy atom. The fourth-order valence-corrected chi connectivity index (χ4v) is 0.605. The van der Waals surface area contributed by atoms with E-state index in [1.54, 1.807) is 11.9 Å². The fourth-order valence-electron chi connectivity index (χ4n) is 0.202. The summed E-state index contributed by atoms with van der Waals surface area (Å²) < 4.78 is 3.67. The van der Waals surface area contributed by atoms with Crippen LogP contribution in [0.5, 0.6) is 0 Å². The van der Waals surface area contributed by atoms with Crippen LogP contribution in [0.4, 0.5) is 0 Å². The van der Waals surface area contributed by atoms with Crippen molar-refractivity contribution in [2.75, 3.05) is 0 Å². The Hall–Kier alpha value is 0.215. The molecule has 0 aromatic heterocycles. The van der Waals surface area contributed by atoms with Gasteiger partial charge in [0.25, 0.3) is 0 Å². The Bertz CT molecular complexity index is 57.7. The van der Waals surface area contributed by atoms with Crippen LogP contribution in [0.15, 0.2) is 4.30 Å². The zero-order valence-electron chi connectivity index (χ0n) is 4.85. The SMILES string of the molecule is B=NS[C@H](C)CC. The van der Waals surface area contributed by atoms with E-state index in [1.165, 1.54) is 6.42 Å². The van der Waals surface area contributed by atoms with Gasteiger partial charge in [-0.3, -0.25) is 0 Å². The van der Waals surface area contributed by atoms with Gasteiger partial charge in [-0.15, -0.1) is 0 Å². The second kappa shape index (κ2) is 4.38. The molecule has 0 amide bonds. The predicted molar refractivity (Wildman–Crippen MR) is 36.9 cm³/mol. The molecule has 7 heavy (non-hydrogen) atoms. The first-order chi connectivity index (χ1) is 3.31. The molecule has 40 valence electrons. The molecule has 0 rings (SSSR count). The molecule has 3 heteroatoms. The molecule has 0 aliphatic heterocycles. The van der Waals surface area contributed by atoms with Crippen LogP contribution in [0.1, 0.15) is 20.3 Å². The van der Waals surface area contributed by atoms with Crippen LogP contribution in [0, 0.1) is 0 Å². The predicted octanol–water partition coefficient (Wildman–Crippen LogP) is 1.52. The van der Waals surface area contributed by atoms with E-state index in [0.29, 0.717) is 5.25 Å². The summed E-state index contributed by atoms with van der Waals surface area (Å²) in [4.78, 5) is 0. The summed E-state index contributed by atoms with van der Waals surface area (Å²) in [6, 6.07) is 0. The molecule has 0 bridgehead atoms. The molecule has 0 saturated carbocycles. The first-order valence-corrected chi connectivity index (χ1v) is 3.26. The van der Waals surface area contributed by atoms with E-state index in [1.807, 2.05) is 0 Å². The Kier molecular flexibility index (Phi) is 4.51. The summed E-state index contributed by atoms with van der Waals surface area (Å²) in [5.74, 6) is 0. The average Bonchev–Trinajstić information content (AvgIpc) is 1.68. The third-order valence-electron chi connectivity index (χ3n) is 0.829. The Labute approximate surface area is 50.1 Å². The third-order valence-corrected chi connectivity index (χ3v) is 1.67. The van der Waals surface area contributed by atoms with Crippen LogP contribution < -0.4 is 0 Å². The molecule has 1 nitrogen and oxygen atoms in total. The zero-order chi connectivity index (χ0) is 5.70. The van der Waals surface area contributed by atoms with Gasteiger partial charge in [0, 0.05) is 0 Å². The summed E-state index contributed by atoms with van der Waals surface area (Å²) in [6.07, 6.45) is 1.17. The van der Waals surface area contributed by atoms with Crippen LogP contribution in [0.2, 0.25) is 0 Å². The molecule has 0 aliphatic carbocycles. The molecule has 1 atom stereocenters. The first-order valence-electron chi connectivity index (χ1n) is 2.43. The zero-order valence-corrected chi connectivity index (χ0v) is 5.66. The van der Waals surface area contributed by atoms with Gasteiger partial charge < -0.3 is 0 Å². The second-order valence-corrected chi connectivity index (χ2v) is 2.73. The molecule has 0 aromatic rings. The van der Waals surface area contributed by atoms with E-state index in [-0.39, 0.29) is 0 Å². The van der Waals surface area contributed by atoms with E-state index >= 15 is 0 Å². The molecule has 0 aliphatic rings. The van der Waals surface area contributed by atoms with Crippen molar-refractivity contribution < 1.29 is 0 Å². The summed E-state index contributed by atoms with van der Waals surface area (Å²) in [7, 11) is 3.36. The van der Waals surface area contributed by atoms with Gasteiger partial charge in [-0.2, -0.15) is 0 Å². The van der Waals surface area contributed by atoms with Crippen molar-refractivity contribution in [2.24, 2.45) is 4.30 Å². The maximum absolute atomic E-state index is 3.67. The molecule has 0 unspecified atom stereocenters. The van der Waals surface area contributed by atoms with Gasteiger partial charge in [0.1, 0.15) is 0 Å². The molecule has 0 N–H and O–H groups in total. The van der Waals surface area contributed by atoms with Gasteiger partial charge >= 0.3 is 49.4 Å². The standard InChI is InChI=1S/C4H10BNS/c1-3-4(2)7-6-5/h4-5H,3H2,1-2H3/t4-/m1/s1. The van der Waals surface area contributed by atoms with Crippen molar-refractivity contribution >= 4 is 19.6 Å². The molecule has 0 radical (unpaired) electrons. The summed E-state index contributed by atoms with van der Waals surface area (Å²) >= 11 is 1.55. The number of rotatable bonds is 3. The molecule has 0 fully saturated rings. The molecule has 0 heterocycles. The summed E-state index contributed by atoms with van der Waals surface area (Å²) in [5, 5.41) is 0.637. The van der Waals surface area contributed by atoms with Crippen molar-refractivity contribution in [3.63, 3.8) is 0 Å². The van der Waals surface area contributed by atoms with Gasteiger partial charge in [0.15, 0.2) is 0 Å². The number of hydrogen-bond acceptors (Lipinski definition) is 2. The Morgan fingerprint density at radius 2 is 2.43 bits per heavy atom. The van der Waals surface area contributed by atoms with Crippen molar-refractivity contribution in [1.29, 1.82) is 0 Å². The van der Waals surface area contributed by atoms with Gasteiger partial charge in [0.2, 0.25) is 0 Å². The summed E-state index contributed by atoms with van der Waals surface area (Å²) in [5.41, 5.74) is 0. The van der Waals surface area contributed by atoms with Crippen molar-refractivity contribution in [3.8, 4) is 0 Å². The van der Waals surface area contributed by atoms with E-state index in [0.717, 1.165) is 0 Å². The first kappa shape index (κ1) is 7.21. The van der Waals surface area contributed by atoms with Crippen LogP contribution in [0.3, 0.4) is 0 Å². The van der Waals surface area contributed by atoms with Gasteiger partial charge in [0.05, 0.1) is 0 Å². The molecular formula is C4H10BNS. The third kappa shape index (κ3) is 4.06. The fraction of sp³-hybridized carbons (Fsp3) is 1.00. The van der Waals surface area contributed by atoms with Gasteiger partial charge in [-0.05, 0) is 0 Å². The van der Waals surface area contributed by atoms with E-state index in [4.69, 9.17) is 0 Å². The molecule has 0 saturated heterocycles. The molecule has 0 aromatic carbocycles. The van der Waals surface area contributed by atoms with Crippen LogP contribution in [-0.2, 0) is 0 Å². The van der Waals surface area contributed by atoms with E-state index in [9.17, 15) is 0 Å². The van der Waals surface area contributed by atoms with E-state index in [2.05, 4.69) is 25.8 Å². The molecule has 0 spiro atoms. The van der Waals surface area contributed by atoms with Crippen molar-refractivity contribution in [2.45, 2.75) is 25.5 Å². The van der Waals surface area contributed by atoms with Crippen LogP contribution >= 0.6 is 11.9 Å². The quantitative estimate of drug-likeness (QED) is 0.401. The number of hydrogen-bond donors (Lipinski definition) is 0. The minimum absolute atomic E-state index is 0.637. The van der Waals surface area contributed by atoms with Gasteiger partial charge in [-0.25, -0.2) is 0 Å². The van der Waals surface area contributed by atoms with E-state index < -0.39 is 0 Å². The normalized spacial score (nSPS) is 13.3. The number of nitrogens with zero attached hydrogens (tertiary/aromatic N) is 1. The maximum atomic E-state index is 3.67. The second-order valence-electron chi connectivity index (χ2n) is 1.45.